The normalized spacial score (nSPS) is 21.9. The first-order valence-corrected chi connectivity index (χ1v) is 6.91. The summed E-state index contributed by atoms with van der Waals surface area (Å²) >= 11 is 6.95. The standard InChI is InChI=1S/C13H14Br2O/c1-7-4-11(15)8(5-10(7)14)12(16)9-6-13(9,2)3/h4-5,9H,6H2,1-3H3. The van der Waals surface area contributed by atoms with Crippen molar-refractivity contribution in [3.05, 3.63) is 32.2 Å². The van der Waals surface area contributed by atoms with Crippen molar-refractivity contribution in [3.63, 3.8) is 0 Å². The molecule has 0 aromatic heterocycles. The predicted octanol–water partition coefficient (Wildman–Crippen LogP) is 4.75. The molecule has 1 aliphatic rings. The van der Waals surface area contributed by atoms with Crippen molar-refractivity contribution in [1.82, 2.24) is 0 Å². The molecule has 1 aromatic rings. The molecule has 2 rings (SSSR count). The van der Waals surface area contributed by atoms with Crippen LogP contribution < -0.4 is 0 Å². The quantitative estimate of drug-likeness (QED) is 0.707. The molecule has 0 bridgehead atoms. The molecule has 1 unspecified atom stereocenters. The zero-order chi connectivity index (χ0) is 12.1. The molecule has 1 saturated carbocycles. The van der Waals surface area contributed by atoms with E-state index >= 15 is 0 Å². The zero-order valence-electron chi connectivity index (χ0n) is 9.60. The van der Waals surface area contributed by atoms with Crippen LogP contribution in [0.25, 0.3) is 0 Å². The largest absolute Gasteiger partial charge is 0.294 e. The number of halogens is 2. The second-order valence-electron chi connectivity index (χ2n) is 5.19. The topological polar surface area (TPSA) is 17.1 Å². The highest BCUT2D eigenvalue weighted by atomic mass is 79.9. The van der Waals surface area contributed by atoms with Crippen molar-refractivity contribution in [3.8, 4) is 0 Å². The van der Waals surface area contributed by atoms with Gasteiger partial charge in [-0.1, -0.05) is 45.7 Å². The molecule has 1 nitrogen and oxygen atoms in total. The molecule has 0 amide bonds. The number of carbonyl (C=O) groups excluding carboxylic acids is 1. The van der Waals surface area contributed by atoms with E-state index in [2.05, 4.69) is 45.7 Å². The number of ketones is 1. The van der Waals surface area contributed by atoms with Crippen molar-refractivity contribution >= 4 is 37.6 Å². The first-order chi connectivity index (χ1) is 7.33. The summed E-state index contributed by atoms with van der Waals surface area (Å²) < 4.78 is 1.90. The van der Waals surface area contributed by atoms with Crippen LogP contribution in [0.5, 0.6) is 0 Å². The fourth-order valence-corrected chi connectivity index (χ4v) is 2.93. The molecule has 86 valence electrons. The minimum atomic E-state index is 0.188. The minimum Gasteiger partial charge on any atom is -0.294 e. The molecular weight excluding hydrogens is 332 g/mol. The lowest BCUT2D eigenvalue weighted by Crippen LogP contribution is -2.07. The van der Waals surface area contributed by atoms with Crippen molar-refractivity contribution < 1.29 is 4.79 Å². The highest BCUT2D eigenvalue weighted by molar-refractivity contribution is 9.11. The Morgan fingerprint density at radius 1 is 1.31 bits per heavy atom. The summed E-state index contributed by atoms with van der Waals surface area (Å²) in [5, 5.41) is 0. The van der Waals surface area contributed by atoms with Crippen LogP contribution in [0.3, 0.4) is 0 Å². The zero-order valence-corrected chi connectivity index (χ0v) is 12.8. The summed E-state index contributed by atoms with van der Waals surface area (Å²) in [7, 11) is 0. The Morgan fingerprint density at radius 3 is 2.38 bits per heavy atom. The van der Waals surface area contributed by atoms with Crippen molar-refractivity contribution in [2.24, 2.45) is 11.3 Å². The Bertz CT molecular complexity index is 463. The molecule has 3 heteroatoms. The Hall–Kier alpha value is -0.150. The van der Waals surface area contributed by atoms with Gasteiger partial charge in [0.1, 0.15) is 0 Å². The summed E-state index contributed by atoms with van der Waals surface area (Å²) in [4.78, 5) is 12.3. The van der Waals surface area contributed by atoms with Gasteiger partial charge >= 0.3 is 0 Å². The molecule has 0 radical (unpaired) electrons. The van der Waals surface area contributed by atoms with E-state index in [9.17, 15) is 4.79 Å². The van der Waals surface area contributed by atoms with Crippen LogP contribution in [-0.2, 0) is 0 Å². The van der Waals surface area contributed by atoms with E-state index in [0.717, 1.165) is 26.5 Å². The number of hydrogen-bond acceptors (Lipinski definition) is 1. The van der Waals surface area contributed by atoms with Gasteiger partial charge in [-0.15, -0.1) is 0 Å². The van der Waals surface area contributed by atoms with Crippen LogP contribution >= 0.6 is 31.9 Å². The summed E-state index contributed by atoms with van der Waals surface area (Å²) in [6.07, 6.45) is 1.00. The molecule has 0 saturated heterocycles. The third-order valence-corrected chi connectivity index (χ3v) is 4.85. The Kier molecular flexibility index (Phi) is 3.04. The van der Waals surface area contributed by atoms with Crippen LogP contribution in [0, 0.1) is 18.3 Å². The van der Waals surface area contributed by atoms with Gasteiger partial charge < -0.3 is 0 Å². The second-order valence-corrected chi connectivity index (χ2v) is 6.90. The van der Waals surface area contributed by atoms with Crippen LogP contribution in [0.15, 0.2) is 21.1 Å². The van der Waals surface area contributed by atoms with E-state index in [-0.39, 0.29) is 17.1 Å². The van der Waals surface area contributed by atoms with Crippen molar-refractivity contribution in [2.45, 2.75) is 27.2 Å². The van der Waals surface area contributed by atoms with Crippen LogP contribution in [-0.4, -0.2) is 5.78 Å². The van der Waals surface area contributed by atoms with Crippen LogP contribution in [0.2, 0.25) is 0 Å². The first-order valence-electron chi connectivity index (χ1n) is 5.33. The second kappa shape index (κ2) is 3.95. The van der Waals surface area contributed by atoms with Gasteiger partial charge in [-0.05, 0) is 36.5 Å². The average molecular weight is 346 g/mol. The third kappa shape index (κ3) is 2.12. The van der Waals surface area contributed by atoms with Gasteiger partial charge in [-0.3, -0.25) is 4.79 Å². The molecule has 0 N–H and O–H groups in total. The predicted molar refractivity (Wildman–Crippen MR) is 72.8 cm³/mol. The molecule has 0 heterocycles. The monoisotopic (exact) mass is 344 g/mol. The van der Waals surface area contributed by atoms with Gasteiger partial charge in [-0.25, -0.2) is 0 Å². The Morgan fingerprint density at radius 2 is 1.88 bits per heavy atom. The van der Waals surface area contributed by atoms with E-state index in [1.807, 2.05) is 19.1 Å². The van der Waals surface area contributed by atoms with Crippen LogP contribution in [0.4, 0.5) is 0 Å². The van der Waals surface area contributed by atoms with Gasteiger partial charge in [0, 0.05) is 20.4 Å². The Labute approximate surface area is 113 Å². The minimum absolute atomic E-state index is 0.188. The average Bonchev–Trinajstić information content (AvgIpc) is 2.80. The lowest BCUT2D eigenvalue weighted by molar-refractivity contribution is 0.0952. The van der Waals surface area contributed by atoms with Crippen molar-refractivity contribution in [1.29, 1.82) is 0 Å². The number of rotatable bonds is 2. The third-order valence-electron chi connectivity index (χ3n) is 3.34. The molecule has 1 atom stereocenters. The number of aryl methyl sites for hydroxylation is 1. The van der Waals surface area contributed by atoms with Crippen molar-refractivity contribution in [2.75, 3.05) is 0 Å². The summed E-state index contributed by atoms with van der Waals surface area (Å²) in [6.45, 7) is 6.31. The van der Waals surface area contributed by atoms with E-state index in [1.165, 1.54) is 0 Å². The fraction of sp³-hybridized carbons (Fsp3) is 0.462. The summed E-state index contributed by atoms with van der Waals surface area (Å²) in [5.74, 6) is 0.455. The molecule has 0 aliphatic heterocycles. The fourth-order valence-electron chi connectivity index (χ4n) is 1.94. The van der Waals surface area contributed by atoms with E-state index in [0.29, 0.717) is 0 Å². The lowest BCUT2D eigenvalue weighted by atomic mass is 10.0. The molecule has 0 spiro atoms. The number of benzene rings is 1. The Balaban J connectivity index is 2.35. The summed E-state index contributed by atoms with van der Waals surface area (Å²) in [6, 6.07) is 3.92. The molecule has 16 heavy (non-hydrogen) atoms. The first kappa shape index (κ1) is 12.3. The SMILES string of the molecule is Cc1cc(Br)c(C(=O)C2CC2(C)C)cc1Br. The van der Waals surface area contributed by atoms with Gasteiger partial charge in [0.05, 0.1) is 0 Å². The van der Waals surface area contributed by atoms with Gasteiger partial charge in [0.2, 0.25) is 0 Å². The number of Topliss-reactive ketones (excluding diaryl/α,β-unsaturated/α-hetero) is 1. The lowest BCUT2D eigenvalue weighted by Gasteiger charge is -2.08. The van der Waals surface area contributed by atoms with Gasteiger partial charge in [0.15, 0.2) is 5.78 Å². The molecule has 1 aliphatic carbocycles. The van der Waals surface area contributed by atoms with Crippen LogP contribution in [0.1, 0.15) is 36.2 Å². The highest BCUT2D eigenvalue weighted by Gasteiger charge is 2.50. The van der Waals surface area contributed by atoms with Gasteiger partial charge in [0.25, 0.3) is 0 Å². The summed E-state index contributed by atoms with van der Waals surface area (Å²) in [5.41, 5.74) is 2.12. The van der Waals surface area contributed by atoms with E-state index < -0.39 is 0 Å². The van der Waals surface area contributed by atoms with E-state index in [4.69, 9.17) is 0 Å². The van der Waals surface area contributed by atoms with E-state index in [1.54, 1.807) is 0 Å². The maximum atomic E-state index is 12.3. The highest BCUT2D eigenvalue weighted by Crippen LogP contribution is 2.53. The molecule has 1 fully saturated rings. The smallest absolute Gasteiger partial charge is 0.167 e. The molecular formula is C13H14Br2O. The maximum absolute atomic E-state index is 12.3. The van der Waals surface area contributed by atoms with Gasteiger partial charge in [-0.2, -0.15) is 0 Å². The maximum Gasteiger partial charge on any atom is 0.167 e. The number of carbonyl (C=O) groups is 1. The number of hydrogen-bond donors (Lipinski definition) is 0. The molecule has 1 aromatic carbocycles.